The number of hydrogen-bond acceptors (Lipinski definition) is 9. The van der Waals surface area contributed by atoms with Crippen LogP contribution in [0.5, 0.6) is 0 Å². The van der Waals surface area contributed by atoms with Crippen LogP contribution >= 0.6 is 21.6 Å². The van der Waals surface area contributed by atoms with Gasteiger partial charge in [0.05, 0.1) is 13.2 Å². The van der Waals surface area contributed by atoms with E-state index in [9.17, 15) is 24.0 Å². The van der Waals surface area contributed by atoms with Crippen LogP contribution in [-0.4, -0.2) is 69.9 Å². The molecule has 1 aliphatic carbocycles. The van der Waals surface area contributed by atoms with Crippen molar-refractivity contribution in [3.8, 4) is 11.1 Å². The lowest BCUT2D eigenvalue weighted by atomic mass is 10.0. The van der Waals surface area contributed by atoms with Crippen LogP contribution in [0.2, 0.25) is 0 Å². The molecule has 1 saturated heterocycles. The smallest absolute Gasteiger partial charge is 0.410 e. The van der Waals surface area contributed by atoms with Gasteiger partial charge >= 0.3 is 12.1 Å². The number of nitrogens with one attached hydrogen (secondary N) is 1. The molecule has 0 bridgehead atoms. The molecule has 1 fully saturated rings. The fraction of sp³-hybridized carbons (Fsp3) is 0.469. The minimum absolute atomic E-state index is 0.0465. The lowest BCUT2D eigenvalue weighted by molar-refractivity contribution is -0.197. The summed E-state index contributed by atoms with van der Waals surface area (Å²) in [5.41, 5.74) is 3.92. The van der Waals surface area contributed by atoms with Gasteiger partial charge in [-0.2, -0.15) is 0 Å². The molecule has 1 unspecified atom stereocenters. The molecule has 0 spiro atoms. The zero-order chi connectivity index (χ0) is 31.9. The van der Waals surface area contributed by atoms with Crippen molar-refractivity contribution in [2.45, 2.75) is 76.1 Å². The lowest BCUT2D eigenvalue weighted by Gasteiger charge is -2.35. The van der Waals surface area contributed by atoms with Crippen molar-refractivity contribution in [2.24, 2.45) is 0 Å². The van der Waals surface area contributed by atoms with E-state index in [1.54, 1.807) is 26.5 Å². The van der Waals surface area contributed by atoms with Crippen molar-refractivity contribution >= 4 is 51.4 Å². The molecule has 2 aromatic carbocycles. The van der Waals surface area contributed by atoms with Crippen LogP contribution in [0.4, 0.5) is 4.79 Å². The molecular formula is C32H39N3O7S2. The van der Waals surface area contributed by atoms with Gasteiger partial charge in [0.1, 0.15) is 6.04 Å². The molecule has 236 valence electrons. The molecule has 1 N–H and O–H groups in total. The number of nitrogens with zero attached hydrogens (tertiary/aromatic N) is 2. The van der Waals surface area contributed by atoms with Gasteiger partial charge in [-0.05, 0) is 35.1 Å². The largest absolute Gasteiger partial charge is 0.453 e. The number of ether oxygens (including phenoxy) is 1. The first-order valence-corrected chi connectivity index (χ1v) is 17.0. The summed E-state index contributed by atoms with van der Waals surface area (Å²) in [7, 11) is 4.52. The Balaban J connectivity index is 1.43. The Morgan fingerprint density at radius 3 is 2.11 bits per heavy atom. The minimum Gasteiger partial charge on any atom is -0.453 e. The van der Waals surface area contributed by atoms with E-state index in [1.165, 1.54) is 7.11 Å². The van der Waals surface area contributed by atoms with E-state index < -0.39 is 36.0 Å². The standard InChI is InChI=1S/C32H39N3O7S2/c1-32(2,3)44-43-20-25(30(39)33-19-11-5-6-16-28(38)42-35-26(36)17-18-27(35)37)34(31(40)41-4)29-23-14-9-7-12-21(23)22-13-8-10-15-24(22)29/h7-10,12-15,25,29H,5-6,11,16-20H2,1-4H3,(H,33,39). The van der Waals surface area contributed by atoms with Crippen LogP contribution in [0.3, 0.4) is 0 Å². The first kappa shape index (κ1) is 33.4. The number of imide groups is 1. The van der Waals surface area contributed by atoms with Gasteiger partial charge in [-0.15, -0.1) is 5.06 Å². The Morgan fingerprint density at radius 1 is 0.955 bits per heavy atom. The third kappa shape index (κ3) is 8.15. The van der Waals surface area contributed by atoms with Crippen molar-refractivity contribution in [1.82, 2.24) is 15.3 Å². The molecule has 0 radical (unpaired) electrons. The zero-order valence-corrected chi connectivity index (χ0v) is 27.1. The number of methoxy groups -OCH3 is 1. The highest BCUT2D eigenvalue weighted by molar-refractivity contribution is 8.77. The maximum atomic E-state index is 13.8. The van der Waals surface area contributed by atoms with E-state index in [-0.39, 0.29) is 29.9 Å². The number of amides is 4. The van der Waals surface area contributed by atoms with Gasteiger partial charge in [0.25, 0.3) is 11.8 Å². The summed E-state index contributed by atoms with van der Waals surface area (Å²) in [5, 5.41) is 3.54. The topological polar surface area (TPSA) is 122 Å². The van der Waals surface area contributed by atoms with E-state index in [0.29, 0.717) is 36.6 Å². The van der Waals surface area contributed by atoms with Crippen molar-refractivity contribution < 1.29 is 33.5 Å². The Labute approximate surface area is 265 Å². The van der Waals surface area contributed by atoms with Crippen LogP contribution in [-0.2, 0) is 28.8 Å². The van der Waals surface area contributed by atoms with E-state index in [2.05, 4.69) is 26.1 Å². The van der Waals surface area contributed by atoms with Crippen LogP contribution < -0.4 is 5.32 Å². The van der Waals surface area contributed by atoms with E-state index in [0.717, 1.165) is 22.3 Å². The Morgan fingerprint density at radius 2 is 1.55 bits per heavy atom. The van der Waals surface area contributed by atoms with E-state index in [4.69, 9.17) is 9.57 Å². The molecular weight excluding hydrogens is 603 g/mol. The van der Waals surface area contributed by atoms with Crippen molar-refractivity contribution in [3.05, 3.63) is 59.7 Å². The molecule has 4 amide bonds. The molecule has 0 saturated carbocycles. The third-order valence-electron chi connectivity index (χ3n) is 7.19. The summed E-state index contributed by atoms with van der Waals surface area (Å²) in [4.78, 5) is 69.1. The number of hydroxylamine groups is 2. The Hall–Kier alpha value is -3.51. The predicted octanol–water partition coefficient (Wildman–Crippen LogP) is 5.66. The molecule has 1 aliphatic heterocycles. The molecule has 44 heavy (non-hydrogen) atoms. The summed E-state index contributed by atoms with van der Waals surface area (Å²) in [6.07, 6.45) is 1.23. The second-order valence-corrected chi connectivity index (χ2v) is 14.8. The minimum atomic E-state index is -0.822. The predicted molar refractivity (Wildman–Crippen MR) is 170 cm³/mol. The number of hydrogen-bond donors (Lipinski definition) is 1. The highest BCUT2D eigenvalue weighted by Crippen LogP contribution is 2.47. The average Bonchev–Trinajstić information content (AvgIpc) is 3.49. The van der Waals surface area contributed by atoms with Gasteiger partial charge in [-0.3, -0.25) is 19.3 Å². The van der Waals surface area contributed by atoms with Gasteiger partial charge in [0, 0.05) is 36.3 Å². The number of unbranched alkanes of at least 4 members (excludes halogenated alkanes) is 2. The zero-order valence-electron chi connectivity index (χ0n) is 25.5. The normalized spacial score (nSPS) is 15.0. The number of carbonyl (C=O) groups excluding carboxylic acids is 5. The Kier molecular flexibility index (Phi) is 11.4. The highest BCUT2D eigenvalue weighted by atomic mass is 33.1. The van der Waals surface area contributed by atoms with Crippen molar-refractivity contribution in [3.63, 3.8) is 0 Å². The first-order valence-electron chi connectivity index (χ1n) is 14.7. The van der Waals surface area contributed by atoms with Crippen molar-refractivity contribution in [1.29, 1.82) is 0 Å². The maximum Gasteiger partial charge on any atom is 0.410 e. The van der Waals surface area contributed by atoms with Crippen LogP contribution in [0.15, 0.2) is 48.5 Å². The molecule has 0 aromatic heterocycles. The SMILES string of the molecule is COC(=O)N(C(CSSC(C)(C)C)C(=O)NCCCCCC(=O)ON1C(=O)CCC1=O)C1c2ccccc2-c2ccccc21. The second-order valence-electron chi connectivity index (χ2n) is 11.6. The molecule has 2 aromatic rings. The van der Waals surface area contributed by atoms with Crippen molar-refractivity contribution in [2.75, 3.05) is 19.4 Å². The lowest BCUT2D eigenvalue weighted by Crippen LogP contribution is -2.52. The molecule has 1 atom stereocenters. The van der Waals surface area contributed by atoms with E-state index >= 15 is 0 Å². The molecule has 10 nitrogen and oxygen atoms in total. The second kappa shape index (κ2) is 15.0. The van der Waals surface area contributed by atoms with Crippen LogP contribution in [0.1, 0.15) is 76.5 Å². The van der Waals surface area contributed by atoms with Gasteiger partial charge in [-0.25, -0.2) is 9.59 Å². The monoisotopic (exact) mass is 641 g/mol. The summed E-state index contributed by atoms with van der Waals surface area (Å²) in [6.45, 7) is 6.63. The van der Waals surface area contributed by atoms with Crippen LogP contribution in [0.25, 0.3) is 11.1 Å². The van der Waals surface area contributed by atoms with E-state index in [1.807, 2.05) is 48.5 Å². The fourth-order valence-corrected chi connectivity index (χ4v) is 7.72. The summed E-state index contributed by atoms with van der Waals surface area (Å²) in [5.74, 6) is -1.60. The van der Waals surface area contributed by atoms with Gasteiger partial charge in [0.2, 0.25) is 5.91 Å². The number of carbonyl (C=O) groups is 5. The number of rotatable bonds is 13. The summed E-state index contributed by atoms with van der Waals surface area (Å²) >= 11 is 0. The number of benzene rings is 2. The highest BCUT2D eigenvalue weighted by Gasteiger charge is 2.42. The third-order valence-corrected chi connectivity index (χ3v) is 10.5. The maximum absolute atomic E-state index is 13.8. The van der Waals surface area contributed by atoms with Gasteiger partial charge in [-0.1, -0.05) is 97.3 Å². The average molecular weight is 642 g/mol. The summed E-state index contributed by atoms with van der Waals surface area (Å²) < 4.78 is 5.22. The fourth-order valence-electron chi connectivity index (χ4n) is 5.21. The molecule has 1 heterocycles. The summed E-state index contributed by atoms with van der Waals surface area (Å²) in [6, 6.07) is 14.5. The first-order chi connectivity index (χ1) is 21.0. The van der Waals surface area contributed by atoms with Crippen LogP contribution in [0, 0.1) is 0 Å². The van der Waals surface area contributed by atoms with Gasteiger partial charge < -0.3 is 14.9 Å². The number of fused-ring (bicyclic) bond motifs is 3. The quantitative estimate of drug-likeness (QED) is 0.168. The van der Waals surface area contributed by atoms with Gasteiger partial charge in [0.15, 0.2) is 0 Å². The Bertz CT molecular complexity index is 1330. The molecule has 2 aliphatic rings. The molecule has 12 heteroatoms. The molecule has 4 rings (SSSR count).